The number of hydrogen-bond donors (Lipinski definition) is 2. The summed E-state index contributed by atoms with van der Waals surface area (Å²) in [6.07, 6.45) is 4.90. The summed E-state index contributed by atoms with van der Waals surface area (Å²) < 4.78 is 0. The van der Waals surface area contributed by atoms with Gasteiger partial charge in [0.05, 0.1) is 5.69 Å². The van der Waals surface area contributed by atoms with Gasteiger partial charge in [-0.3, -0.25) is 0 Å². The number of benzene rings is 2. The molecule has 0 atom stereocenters. The summed E-state index contributed by atoms with van der Waals surface area (Å²) in [6, 6.07) is 16.7. The van der Waals surface area contributed by atoms with Crippen LogP contribution < -0.4 is 25.8 Å². The summed E-state index contributed by atoms with van der Waals surface area (Å²) in [7, 11) is 2.13. The van der Waals surface area contributed by atoms with Gasteiger partial charge in [0.2, 0.25) is 5.95 Å². The fourth-order valence-electron chi connectivity index (χ4n) is 5.23. The molecule has 3 N–H and O–H groups in total. The van der Waals surface area contributed by atoms with E-state index in [-0.39, 0.29) is 0 Å². The Morgan fingerprint density at radius 3 is 2.38 bits per heavy atom. The smallest absolute Gasteiger partial charge is 0.229 e. The Bertz CT molecular complexity index is 1170. The Hall–Kier alpha value is -3.17. The SMILES string of the molecule is CN(CCNc1cc(N2CCCC2)nc(N2CCCC2)n1)CCN(C(N)=S)c1cccc2ccccc12. The summed E-state index contributed by atoms with van der Waals surface area (Å²) in [4.78, 5) is 18.8. The Labute approximate surface area is 225 Å². The zero-order valence-corrected chi connectivity index (χ0v) is 22.6. The predicted molar refractivity (Wildman–Crippen MR) is 159 cm³/mol. The van der Waals surface area contributed by atoms with Crippen LogP contribution in [0.1, 0.15) is 25.7 Å². The number of thiocarbonyl (C=S) groups is 1. The van der Waals surface area contributed by atoms with E-state index in [1.807, 2.05) is 4.90 Å². The number of fused-ring (bicyclic) bond motifs is 1. The maximum atomic E-state index is 6.16. The number of nitrogens with one attached hydrogen (secondary N) is 1. The van der Waals surface area contributed by atoms with Crippen molar-refractivity contribution in [3.63, 3.8) is 0 Å². The second-order valence-corrected chi connectivity index (χ2v) is 10.4. The van der Waals surface area contributed by atoms with E-state index >= 15 is 0 Å². The topological polar surface area (TPSA) is 76.8 Å². The van der Waals surface area contributed by atoms with Crippen LogP contribution >= 0.6 is 12.2 Å². The summed E-state index contributed by atoms with van der Waals surface area (Å²) in [5, 5.41) is 6.30. The average Bonchev–Trinajstić information content (AvgIpc) is 3.64. The molecule has 3 heterocycles. The van der Waals surface area contributed by atoms with Crippen LogP contribution in [0.2, 0.25) is 0 Å². The van der Waals surface area contributed by atoms with E-state index in [4.69, 9.17) is 27.9 Å². The van der Waals surface area contributed by atoms with Gasteiger partial charge in [-0.2, -0.15) is 9.97 Å². The van der Waals surface area contributed by atoms with Crippen LogP contribution in [0.25, 0.3) is 10.8 Å². The molecule has 0 radical (unpaired) electrons. The van der Waals surface area contributed by atoms with Gasteiger partial charge in [0.25, 0.3) is 0 Å². The molecule has 2 aromatic carbocycles. The van der Waals surface area contributed by atoms with Crippen molar-refractivity contribution in [3.05, 3.63) is 48.5 Å². The largest absolute Gasteiger partial charge is 0.376 e. The molecule has 0 unspecified atom stereocenters. The van der Waals surface area contributed by atoms with Gasteiger partial charge < -0.3 is 30.7 Å². The Balaban J connectivity index is 1.19. The summed E-state index contributed by atoms with van der Waals surface area (Å²) >= 11 is 5.43. The molecular formula is C28H38N8S. The Kier molecular flexibility index (Phi) is 8.21. The average molecular weight is 519 g/mol. The van der Waals surface area contributed by atoms with Crippen molar-refractivity contribution in [2.24, 2.45) is 5.73 Å². The van der Waals surface area contributed by atoms with Gasteiger partial charge in [-0.15, -0.1) is 0 Å². The molecule has 2 fully saturated rings. The summed E-state index contributed by atoms with van der Waals surface area (Å²) in [6.45, 7) is 7.49. The van der Waals surface area contributed by atoms with E-state index in [0.29, 0.717) is 5.11 Å². The molecule has 9 heteroatoms. The van der Waals surface area contributed by atoms with Crippen molar-refractivity contribution in [2.75, 3.05) is 79.4 Å². The summed E-state index contributed by atoms with van der Waals surface area (Å²) in [5.41, 5.74) is 7.22. The first-order valence-electron chi connectivity index (χ1n) is 13.4. The van der Waals surface area contributed by atoms with Gasteiger partial charge >= 0.3 is 0 Å². The molecule has 196 valence electrons. The van der Waals surface area contributed by atoms with Crippen LogP contribution in [-0.2, 0) is 0 Å². The number of aromatic nitrogens is 2. The molecule has 37 heavy (non-hydrogen) atoms. The van der Waals surface area contributed by atoms with Crippen molar-refractivity contribution in [1.29, 1.82) is 0 Å². The maximum Gasteiger partial charge on any atom is 0.229 e. The van der Waals surface area contributed by atoms with Crippen LogP contribution in [-0.4, -0.2) is 79.4 Å². The highest BCUT2D eigenvalue weighted by molar-refractivity contribution is 7.80. The van der Waals surface area contributed by atoms with Crippen molar-refractivity contribution < 1.29 is 0 Å². The lowest BCUT2D eigenvalue weighted by Gasteiger charge is -2.27. The van der Waals surface area contributed by atoms with Gasteiger partial charge in [-0.1, -0.05) is 36.4 Å². The van der Waals surface area contributed by atoms with Crippen LogP contribution in [0.15, 0.2) is 48.5 Å². The highest BCUT2D eigenvalue weighted by Gasteiger charge is 2.20. The lowest BCUT2D eigenvalue weighted by molar-refractivity contribution is 0.357. The zero-order chi connectivity index (χ0) is 25.6. The fourth-order valence-corrected chi connectivity index (χ4v) is 5.42. The maximum absolute atomic E-state index is 6.16. The van der Waals surface area contributed by atoms with Gasteiger partial charge in [0, 0.05) is 63.8 Å². The zero-order valence-electron chi connectivity index (χ0n) is 21.8. The molecular weight excluding hydrogens is 480 g/mol. The first-order chi connectivity index (χ1) is 18.1. The Morgan fingerprint density at radius 1 is 0.919 bits per heavy atom. The molecule has 8 nitrogen and oxygen atoms in total. The highest BCUT2D eigenvalue weighted by Crippen LogP contribution is 2.27. The number of nitrogens with zero attached hydrogens (tertiary/aromatic N) is 6. The molecule has 2 saturated heterocycles. The van der Waals surface area contributed by atoms with Crippen molar-refractivity contribution >= 4 is 51.4 Å². The minimum absolute atomic E-state index is 0.396. The third-order valence-corrected chi connectivity index (χ3v) is 7.57. The van der Waals surface area contributed by atoms with Crippen molar-refractivity contribution in [3.8, 4) is 0 Å². The second-order valence-electron chi connectivity index (χ2n) is 10.0. The molecule has 0 spiro atoms. The fraction of sp³-hybridized carbons (Fsp3) is 0.464. The first kappa shape index (κ1) is 25.5. The quantitative estimate of drug-likeness (QED) is 0.388. The third kappa shape index (κ3) is 6.22. The van der Waals surface area contributed by atoms with Crippen LogP contribution in [0, 0.1) is 0 Å². The van der Waals surface area contributed by atoms with Crippen LogP contribution in [0.4, 0.5) is 23.3 Å². The molecule has 0 bridgehead atoms. The third-order valence-electron chi connectivity index (χ3n) is 7.35. The number of likely N-dealkylation sites (N-methyl/N-ethyl adjacent to an activating group) is 1. The van der Waals surface area contributed by atoms with Crippen LogP contribution in [0.3, 0.4) is 0 Å². The molecule has 1 aromatic heterocycles. The van der Waals surface area contributed by atoms with Crippen molar-refractivity contribution in [1.82, 2.24) is 14.9 Å². The lowest BCUT2D eigenvalue weighted by Crippen LogP contribution is -2.41. The van der Waals surface area contributed by atoms with Gasteiger partial charge in [-0.25, -0.2) is 0 Å². The standard InChI is InChI=1S/C28H38N8S/c1-33(19-20-36(27(29)37)24-12-8-10-22-9-2-3-11-23(22)24)18-13-30-25-21-26(34-14-4-5-15-34)32-28(31-25)35-16-6-7-17-35/h2-3,8-12,21H,4-7,13-20H2,1H3,(H2,29,37)(H,30,31,32). The van der Waals surface area contributed by atoms with E-state index in [2.05, 4.69) is 75.6 Å². The highest BCUT2D eigenvalue weighted by atomic mass is 32.1. The lowest BCUT2D eigenvalue weighted by atomic mass is 10.1. The molecule has 0 amide bonds. The number of nitrogens with two attached hydrogens (primary N) is 1. The normalized spacial score (nSPS) is 15.6. The second kappa shape index (κ2) is 11.9. The monoisotopic (exact) mass is 518 g/mol. The van der Waals surface area contributed by atoms with Gasteiger partial charge in [0.1, 0.15) is 11.6 Å². The minimum atomic E-state index is 0.396. The van der Waals surface area contributed by atoms with E-state index in [1.165, 1.54) is 31.1 Å². The van der Waals surface area contributed by atoms with E-state index in [0.717, 1.165) is 81.0 Å². The molecule has 2 aliphatic rings. The molecule has 3 aromatic rings. The van der Waals surface area contributed by atoms with E-state index in [9.17, 15) is 0 Å². The minimum Gasteiger partial charge on any atom is -0.376 e. The number of hydrogen-bond acceptors (Lipinski definition) is 7. The van der Waals surface area contributed by atoms with Crippen molar-refractivity contribution in [2.45, 2.75) is 25.7 Å². The molecule has 0 aliphatic carbocycles. The van der Waals surface area contributed by atoms with E-state index < -0.39 is 0 Å². The molecule has 2 aliphatic heterocycles. The van der Waals surface area contributed by atoms with Gasteiger partial charge in [-0.05, 0) is 56.4 Å². The van der Waals surface area contributed by atoms with Crippen LogP contribution in [0.5, 0.6) is 0 Å². The molecule has 0 saturated carbocycles. The van der Waals surface area contributed by atoms with Gasteiger partial charge in [0.15, 0.2) is 5.11 Å². The van der Waals surface area contributed by atoms with E-state index in [1.54, 1.807) is 0 Å². The predicted octanol–water partition coefficient (Wildman–Crippen LogP) is 3.92. The Morgan fingerprint density at radius 2 is 1.62 bits per heavy atom. The number of rotatable bonds is 10. The summed E-state index contributed by atoms with van der Waals surface area (Å²) in [5.74, 6) is 2.82. The first-order valence-corrected chi connectivity index (χ1v) is 13.9. The number of anilines is 4. The molecule has 5 rings (SSSR count).